The summed E-state index contributed by atoms with van der Waals surface area (Å²) in [4.78, 5) is 2.56. The zero-order chi connectivity index (χ0) is 9.42. The van der Waals surface area contributed by atoms with Crippen molar-refractivity contribution in [3.8, 4) is 0 Å². The zero-order valence-electron chi connectivity index (χ0n) is 8.74. The van der Waals surface area contributed by atoms with Gasteiger partial charge in [0.05, 0.1) is 6.10 Å². The summed E-state index contributed by atoms with van der Waals surface area (Å²) in [5.74, 6) is 1.75. The second-order valence-electron chi connectivity index (χ2n) is 5.08. The fraction of sp³-hybridized carbons (Fsp3) is 1.00. The lowest BCUT2D eigenvalue weighted by Crippen LogP contribution is -2.53. The minimum absolute atomic E-state index is 0.0110. The molecule has 0 amide bonds. The van der Waals surface area contributed by atoms with Gasteiger partial charge in [0.15, 0.2) is 0 Å². The van der Waals surface area contributed by atoms with E-state index in [9.17, 15) is 5.11 Å². The minimum Gasteiger partial charge on any atom is -0.393 e. The first kappa shape index (κ1) is 9.47. The molecule has 2 fully saturated rings. The Bertz CT molecular complexity index is 175. The average molecular weight is 183 g/mol. The fourth-order valence-corrected chi connectivity index (χ4v) is 2.53. The third kappa shape index (κ3) is 1.89. The predicted molar refractivity (Wildman–Crippen MR) is 53.5 cm³/mol. The molecule has 1 aliphatic heterocycles. The molecule has 1 N–H and O–H groups in total. The molecule has 0 aromatic carbocycles. The Balaban J connectivity index is 1.74. The van der Waals surface area contributed by atoms with Gasteiger partial charge in [-0.1, -0.05) is 13.8 Å². The maximum atomic E-state index is 9.42. The number of hydrogen-bond acceptors (Lipinski definition) is 2. The van der Waals surface area contributed by atoms with Crippen molar-refractivity contribution in [2.45, 2.75) is 45.3 Å². The molecule has 1 aliphatic carbocycles. The van der Waals surface area contributed by atoms with Crippen molar-refractivity contribution in [1.29, 1.82) is 0 Å². The lowest BCUT2D eigenvalue weighted by atomic mass is 9.87. The molecule has 0 spiro atoms. The summed E-state index contributed by atoms with van der Waals surface area (Å²) in [6.45, 7) is 7.17. The van der Waals surface area contributed by atoms with E-state index in [4.69, 9.17) is 0 Å². The largest absolute Gasteiger partial charge is 0.393 e. The lowest BCUT2D eigenvalue weighted by Gasteiger charge is -2.45. The van der Waals surface area contributed by atoms with Crippen LogP contribution in [-0.4, -0.2) is 35.2 Å². The van der Waals surface area contributed by atoms with Crippen LogP contribution in [0.25, 0.3) is 0 Å². The van der Waals surface area contributed by atoms with Crippen molar-refractivity contribution in [1.82, 2.24) is 4.90 Å². The third-order valence-corrected chi connectivity index (χ3v) is 3.77. The predicted octanol–water partition coefficient (Wildman–Crippen LogP) is 1.49. The van der Waals surface area contributed by atoms with Crippen molar-refractivity contribution >= 4 is 0 Å². The van der Waals surface area contributed by atoms with Crippen molar-refractivity contribution in [3.05, 3.63) is 0 Å². The van der Waals surface area contributed by atoms with Gasteiger partial charge in [-0.25, -0.2) is 0 Å². The van der Waals surface area contributed by atoms with Crippen LogP contribution in [0, 0.1) is 11.8 Å². The van der Waals surface area contributed by atoms with Crippen LogP contribution in [0.15, 0.2) is 0 Å². The van der Waals surface area contributed by atoms with Gasteiger partial charge in [0.25, 0.3) is 0 Å². The van der Waals surface area contributed by atoms with E-state index in [-0.39, 0.29) is 6.10 Å². The molecule has 0 aromatic heterocycles. The van der Waals surface area contributed by atoms with Gasteiger partial charge in [-0.15, -0.1) is 0 Å². The van der Waals surface area contributed by atoms with Crippen LogP contribution in [0.3, 0.4) is 0 Å². The summed E-state index contributed by atoms with van der Waals surface area (Å²) in [6.07, 6.45) is 3.24. The number of hydrogen-bond donors (Lipinski definition) is 1. The van der Waals surface area contributed by atoms with Crippen LogP contribution >= 0.6 is 0 Å². The van der Waals surface area contributed by atoms with Gasteiger partial charge < -0.3 is 5.11 Å². The average Bonchev–Trinajstić information content (AvgIpc) is 2.31. The van der Waals surface area contributed by atoms with E-state index in [1.807, 2.05) is 0 Å². The SMILES string of the molecule is CC(C)C1CN(C2CCC(O)C2)C1. The molecular formula is C11H21NO. The van der Waals surface area contributed by atoms with Crippen LogP contribution in [-0.2, 0) is 0 Å². The molecule has 2 atom stereocenters. The number of likely N-dealkylation sites (tertiary alicyclic amines) is 1. The monoisotopic (exact) mass is 183 g/mol. The Morgan fingerprint density at radius 3 is 2.38 bits per heavy atom. The van der Waals surface area contributed by atoms with Gasteiger partial charge in [0.2, 0.25) is 0 Å². The topological polar surface area (TPSA) is 23.5 Å². The van der Waals surface area contributed by atoms with Gasteiger partial charge in [-0.2, -0.15) is 0 Å². The number of aliphatic hydroxyl groups excluding tert-OH is 1. The molecule has 2 heteroatoms. The van der Waals surface area contributed by atoms with Crippen LogP contribution < -0.4 is 0 Å². The quantitative estimate of drug-likeness (QED) is 0.701. The second kappa shape index (κ2) is 3.58. The standard InChI is InChI=1S/C11H21NO/c1-8(2)9-6-12(7-9)10-3-4-11(13)5-10/h8-11,13H,3-7H2,1-2H3. The summed E-state index contributed by atoms with van der Waals surface area (Å²) >= 11 is 0. The summed E-state index contributed by atoms with van der Waals surface area (Å²) in [7, 11) is 0. The second-order valence-corrected chi connectivity index (χ2v) is 5.08. The molecule has 1 saturated carbocycles. The maximum absolute atomic E-state index is 9.42. The number of nitrogens with zero attached hydrogens (tertiary/aromatic N) is 1. The highest BCUT2D eigenvalue weighted by Gasteiger charge is 2.36. The maximum Gasteiger partial charge on any atom is 0.0555 e. The first-order chi connectivity index (χ1) is 6.16. The van der Waals surface area contributed by atoms with Crippen LogP contribution in [0.4, 0.5) is 0 Å². The molecule has 2 aliphatic rings. The van der Waals surface area contributed by atoms with Crippen LogP contribution in [0.1, 0.15) is 33.1 Å². The van der Waals surface area contributed by atoms with Gasteiger partial charge >= 0.3 is 0 Å². The van der Waals surface area contributed by atoms with Gasteiger partial charge in [-0.05, 0) is 31.1 Å². The van der Waals surface area contributed by atoms with E-state index in [0.717, 1.165) is 24.7 Å². The normalized spacial score (nSPS) is 36.9. The van der Waals surface area contributed by atoms with Crippen LogP contribution in [0.5, 0.6) is 0 Å². The van der Waals surface area contributed by atoms with Crippen molar-refractivity contribution < 1.29 is 5.11 Å². The van der Waals surface area contributed by atoms with E-state index in [1.165, 1.54) is 19.5 Å². The van der Waals surface area contributed by atoms with E-state index < -0.39 is 0 Å². The lowest BCUT2D eigenvalue weighted by molar-refractivity contribution is 0.0249. The smallest absolute Gasteiger partial charge is 0.0555 e. The number of rotatable bonds is 2. The Kier molecular flexibility index (Phi) is 2.61. The third-order valence-electron chi connectivity index (χ3n) is 3.77. The molecule has 13 heavy (non-hydrogen) atoms. The molecule has 2 unspecified atom stereocenters. The zero-order valence-corrected chi connectivity index (χ0v) is 8.74. The molecule has 0 aromatic rings. The highest BCUT2D eigenvalue weighted by atomic mass is 16.3. The van der Waals surface area contributed by atoms with Gasteiger partial charge in [0, 0.05) is 19.1 Å². The highest BCUT2D eigenvalue weighted by Crippen LogP contribution is 2.32. The molecule has 1 saturated heterocycles. The van der Waals surface area contributed by atoms with E-state index >= 15 is 0 Å². The van der Waals surface area contributed by atoms with Gasteiger partial charge in [-0.3, -0.25) is 4.90 Å². The van der Waals surface area contributed by atoms with Crippen molar-refractivity contribution in [2.75, 3.05) is 13.1 Å². The molecular weight excluding hydrogens is 162 g/mol. The summed E-state index contributed by atoms with van der Waals surface area (Å²) in [6, 6.07) is 0.699. The fourth-order valence-electron chi connectivity index (χ4n) is 2.53. The first-order valence-corrected chi connectivity index (χ1v) is 5.59. The number of aliphatic hydroxyl groups is 1. The summed E-state index contributed by atoms with van der Waals surface area (Å²) in [5.41, 5.74) is 0. The molecule has 2 nitrogen and oxygen atoms in total. The minimum atomic E-state index is -0.0110. The molecule has 0 bridgehead atoms. The summed E-state index contributed by atoms with van der Waals surface area (Å²) < 4.78 is 0. The van der Waals surface area contributed by atoms with E-state index in [0.29, 0.717) is 6.04 Å². The first-order valence-electron chi connectivity index (χ1n) is 5.59. The Hall–Kier alpha value is -0.0800. The Morgan fingerprint density at radius 1 is 1.23 bits per heavy atom. The summed E-state index contributed by atoms with van der Waals surface area (Å²) in [5, 5.41) is 9.42. The highest BCUT2D eigenvalue weighted by molar-refractivity contribution is 4.91. The van der Waals surface area contributed by atoms with E-state index in [1.54, 1.807) is 0 Å². The Morgan fingerprint density at radius 2 is 1.92 bits per heavy atom. The Labute approximate surface area is 80.9 Å². The molecule has 76 valence electrons. The van der Waals surface area contributed by atoms with E-state index in [2.05, 4.69) is 18.7 Å². The van der Waals surface area contributed by atoms with Crippen molar-refractivity contribution in [2.24, 2.45) is 11.8 Å². The van der Waals surface area contributed by atoms with Crippen molar-refractivity contribution in [3.63, 3.8) is 0 Å². The molecule has 1 heterocycles. The van der Waals surface area contributed by atoms with Gasteiger partial charge in [0.1, 0.15) is 0 Å². The molecule has 2 rings (SSSR count). The van der Waals surface area contributed by atoms with Crippen LogP contribution in [0.2, 0.25) is 0 Å². The molecule has 0 radical (unpaired) electrons.